The normalized spacial score (nSPS) is 17.5. The number of nitrogens with one attached hydrogen (secondary N) is 1. The lowest BCUT2D eigenvalue weighted by molar-refractivity contribution is -0.145. The Balaban J connectivity index is 0.000000221. The molecule has 2 aromatic heterocycles. The number of carbonyl (C=O) groups is 2. The van der Waals surface area contributed by atoms with Crippen molar-refractivity contribution in [1.82, 2.24) is 9.97 Å². The van der Waals surface area contributed by atoms with Gasteiger partial charge >= 0.3 is 11.9 Å². The molecule has 3 rings (SSSR count). The van der Waals surface area contributed by atoms with Crippen molar-refractivity contribution < 1.29 is 19.8 Å². The maximum Gasteiger partial charge on any atom is 0.331 e. The molecule has 0 fully saturated rings. The van der Waals surface area contributed by atoms with Crippen molar-refractivity contribution in [3.8, 4) is 0 Å². The number of nitrogens with zero attached hydrogens (tertiary/aromatic N) is 1. The van der Waals surface area contributed by atoms with Crippen molar-refractivity contribution in [1.29, 1.82) is 0 Å². The minimum atomic E-state index is -1.08. The number of aryl methyl sites for hydroxylation is 1. The standard InChI is InChI=1S/C9H10O4.C7H11N.C5H5N/c1-9(8(12)13)4-2-3-6(5-9)7(10)11;1-2-4-7-5-3-6-8-7;1-2-4-6-5-3-1/h2-4H,5H2,1H3,(H,10,11)(H,12,13);3,5-6,8H,2,4H2,1H3;1-5H. The van der Waals surface area contributed by atoms with Crippen LogP contribution < -0.4 is 0 Å². The first kappa shape index (κ1) is 21.9. The molecule has 6 heteroatoms. The van der Waals surface area contributed by atoms with Gasteiger partial charge in [0.25, 0.3) is 0 Å². The predicted molar refractivity (Wildman–Crippen MR) is 104 cm³/mol. The van der Waals surface area contributed by atoms with Crippen molar-refractivity contribution in [2.24, 2.45) is 5.41 Å². The minimum absolute atomic E-state index is 0.0359. The van der Waals surface area contributed by atoms with Crippen LogP contribution in [0.1, 0.15) is 32.4 Å². The highest BCUT2D eigenvalue weighted by Crippen LogP contribution is 2.31. The summed E-state index contributed by atoms with van der Waals surface area (Å²) in [6, 6.07) is 9.86. The predicted octanol–water partition coefficient (Wildman–Crippen LogP) is 4.10. The monoisotopic (exact) mass is 370 g/mol. The Bertz CT molecular complexity index is 725. The summed E-state index contributed by atoms with van der Waals surface area (Å²) in [5.74, 6) is -2.06. The fourth-order valence-electron chi connectivity index (χ4n) is 2.29. The largest absolute Gasteiger partial charge is 0.481 e. The molecule has 3 N–H and O–H groups in total. The average molecular weight is 370 g/mol. The quantitative estimate of drug-likeness (QED) is 0.752. The van der Waals surface area contributed by atoms with Gasteiger partial charge in [-0.05, 0) is 44.0 Å². The number of hydrogen-bond acceptors (Lipinski definition) is 3. The van der Waals surface area contributed by atoms with Gasteiger partial charge in [0.2, 0.25) is 0 Å². The van der Waals surface area contributed by atoms with E-state index in [-0.39, 0.29) is 12.0 Å². The molecule has 2 aromatic rings. The van der Waals surface area contributed by atoms with E-state index in [0.29, 0.717) is 0 Å². The van der Waals surface area contributed by atoms with E-state index in [9.17, 15) is 9.59 Å². The average Bonchev–Trinajstić information content (AvgIpc) is 3.18. The fraction of sp³-hybridized carbons (Fsp3) is 0.286. The molecule has 6 nitrogen and oxygen atoms in total. The first-order valence-electron chi connectivity index (χ1n) is 8.71. The lowest BCUT2D eigenvalue weighted by Gasteiger charge is -2.23. The fourth-order valence-corrected chi connectivity index (χ4v) is 2.29. The Labute approximate surface area is 159 Å². The van der Waals surface area contributed by atoms with E-state index < -0.39 is 17.4 Å². The van der Waals surface area contributed by atoms with Crippen molar-refractivity contribution in [3.63, 3.8) is 0 Å². The summed E-state index contributed by atoms with van der Waals surface area (Å²) in [7, 11) is 0. The van der Waals surface area contributed by atoms with E-state index >= 15 is 0 Å². The first-order valence-corrected chi connectivity index (χ1v) is 8.71. The Morgan fingerprint density at radius 3 is 2.30 bits per heavy atom. The van der Waals surface area contributed by atoms with Gasteiger partial charge in [-0.1, -0.05) is 37.6 Å². The lowest BCUT2D eigenvalue weighted by atomic mass is 9.80. The van der Waals surface area contributed by atoms with Crippen LogP contribution in [0, 0.1) is 5.41 Å². The highest BCUT2D eigenvalue weighted by atomic mass is 16.4. The van der Waals surface area contributed by atoms with Crippen molar-refractivity contribution in [3.05, 3.63) is 78.4 Å². The smallest absolute Gasteiger partial charge is 0.331 e. The van der Waals surface area contributed by atoms with E-state index in [1.54, 1.807) is 12.4 Å². The van der Waals surface area contributed by atoms with Crippen LogP contribution >= 0.6 is 0 Å². The van der Waals surface area contributed by atoms with E-state index in [1.165, 1.54) is 43.7 Å². The summed E-state index contributed by atoms with van der Waals surface area (Å²) in [6.45, 7) is 3.68. The summed E-state index contributed by atoms with van der Waals surface area (Å²) < 4.78 is 0. The zero-order valence-corrected chi connectivity index (χ0v) is 15.6. The summed E-state index contributed by atoms with van der Waals surface area (Å²) in [5.41, 5.74) is 0.391. The van der Waals surface area contributed by atoms with Crippen LogP contribution in [0.5, 0.6) is 0 Å². The molecule has 0 bridgehead atoms. The van der Waals surface area contributed by atoms with E-state index in [4.69, 9.17) is 10.2 Å². The van der Waals surface area contributed by atoms with Gasteiger partial charge in [0.1, 0.15) is 0 Å². The molecular weight excluding hydrogens is 344 g/mol. The van der Waals surface area contributed by atoms with Gasteiger partial charge < -0.3 is 15.2 Å². The molecule has 0 saturated carbocycles. The Morgan fingerprint density at radius 1 is 1.19 bits per heavy atom. The van der Waals surface area contributed by atoms with Gasteiger partial charge in [-0.25, -0.2) is 4.79 Å². The van der Waals surface area contributed by atoms with Gasteiger partial charge in [-0.15, -0.1) is 0 Å². The first-order chi connectivity index (χ1) is 12.9. The number of hydrogen-bond donors (Lipinski definition) is 3. The van der Waals surface area contributed by atoms with Gasteiger partial charge in [-0.3, -0.25) is 9.78 Å². The molecule has 0 amide bonds. The topological polar surface area (TPSA) is 103 Å². The third-order valence-electron chi connectivity index (χ3n) is 3.83. The zero-order chi connectivity index (χ0) is 20.1. The number of aromatic amines is 1. The van der Waals surface area contributed by atoms with E-state index in [0.717, 1.165) is 0 Å². The summed E-state index contributed by atoms with van der Waals surface area (Å²) in [4.78, 5) is 28.3. The molecule has 0 aromatic carbocycles. The second-order valence-electron chi connectivity index (χ2n) is 6.23. The molecule has 27 heavy (non-hydrogen) atoms. The van der Waals surface area contributed by atoms with Crippen LogP contribution in [0.3, 0.4) is 0 Å². The number of rotatable bonds is 4. The number of carboxylic acid groups (broad SMARTS) is 2. The second-order valence-corrected chi connectivity index (χ2v) is 6.23. The van der Waals surface area contributed by atoms with Gasteiger partial charge in [-0.2, -0.15) is 0 Å². The molecule has 1 aliphatic carbocycles. The number of aromatic nitrogens is 2. The zero-order valence-electron chi connectivity index (χ0n) is 15.6. The molecule has 0 saturated heterocycles. The number of carboxylic acids is 2. The molecule has 1 aliphatic rings. The van der Waals surface area contributed by atoms with Crippen molar-refractivity contribution in [2.75, 3.05) is 0 Å². The van der Waals surface area contributed by atoms with E-state index in [1.807, 2.05) is 30.5 Å². The van der Waals surface area contributed by atoms with Crippen LogP contribution in [-0.4, -0.2) is 32.1 Å². The van der Waals surface area contributed by atoms with E-state index in [2.05, 4.69) is 23.0 Å². The Hall–Kier alpha value is -3.15. The number of H-pyrrole nitrogens is 1. The third kappa shape index (κ3) is 8.18. The molecule has 1 unspecified atom stereocenters. The second kappa shape index (κ2) is 11.5. The summed E-state index contributed by atoms with van der Waals surface area (Å²) in [5, 5.41) is 17.5. The molecular formula is C21H26N2O4. The summed E-state index contributed by atoms with van der Waals surface area (Å²) >= 11 is 0. The van der Waals surface area contributed by atoms with Gasteiger partial charge in [0.05, 0.1) is 5.41 Å². The molecule has 0 radical (unpaired) electrons. The lowest BCUT2D eigenvalue weighted by Crippen LogP contribution is -2.28. The van der Waals surface area contributed by atoms with Gasteiger partial charge in [0.15, 0.2) is 0 Å². The number of aliphatic carboxylic acids is 2. The maximum absolute atomic E-state index is 10.8. The molecule has 144 valence electrons. The van der Waals surface area contributed by atoms with Crippen molar-refractivity contribution >= 4 is 11.9 Å². The highest BCUT2D eigenvalue weighted by molar-refractivity contribution is 5.90. The van der Waals surface area contributed by atoms with Crippen LogP contribution in [0.15, 0.2) is 72.7 Å². The Kier molecular flexibility index (Phi) is 9.29. The number of pyridine rings is 1. The molecule has 1 atom stereocenters. The SMILES string of the molecule is CC1(C(=O)O)C=CC=C(C(=O)O)C1.CCCc1ccc[nH]1.c1ccncc1. The molecule has 2 heterocycles. The maximum atomic E-state index is 10.8. The number of allylic oxidation sites excluding steroid dienone is 2. The highest BCUT2D eigenvalue weighted by Gasteiger charge is 2.34. The van der Waals surface area contributed by atoms with Crippen molar-refractivity contribution in [2.45, 2.75) is 33.1 Å². The third-order valence-corrected chi connectivity index (χ3v) is 3.83. The molecule has 0 aliphatic heterocycles. The summed E-state index contributed by atoms with van der Waals surface area (Å²) in [6.07, 6.45) is 12.3. The van der Waals surface area contributed by atoms with Crippen LogP contribution in [0.2, 0.25) is 0 Å². The molecule has 0 spiro atoms. The van der Waals surface area contributed by atoms with Gasteiger partial charge in [0, 0.05) is 29.9 Å². The minimum Gasteiger partial charge on any atom is -0.481 e. The Morgan fingerprint density at radius 2 is 1.89 bits per heavy atom. The van der Waals surface area contributed by atoms with Crippen LogP contribution in [0.4, 0.5) is 0 Å². The van der Waals surface area contributed by atoms with Crippen LogP contribution in [0.25, 0.3) is 0 Å². The van der Waals surface area contributed by atoms with Crippen LogP contribution in [-0.2, 0) is 16.0 Å².